The molecule has 0 aromatic heterocycles. The predicted molar refractivity (Wildman–Crippen MR) is 71.8 cm³/mol. The number of hydrogen-bond acceptors (Lipinski definition) is 3. The lowest BCUT2D eigenvalue weighted by atomic mass is 10.1. The first-order chi connectivity index (χ1) is 9.42. The van der Waals surface area contributed by atoms with E-state index in [2.05, 4.69) is 5.32 Å². The highest BCUT2D eigenvalue weighted by Crippen LogP contribution is 2.22. The molecule has 6 heteroatoms. The van der Waals surface area contributed by atoms with Gasteiger partial charge in [-0.3, -0.25) is 4.79 Å². The standard InChI is InChI=1S/C14H18F2N2O2/c1-8-6-18(7-9(2)20-8)14(19)10-4-11(15)13(17-3)12(16)5-10/h4-5,8-9,17H,6-7H2,1-3H3/t8-,9+. The number of amides is 1. The van der Waals surface area contributed by atoms with E-state index in [1.165, 1.54) is 7.05 Å². The maximum atomic E-state index is 13.7. The molecule has 110 valence electrons. The first-order valence-electron chi connectivity index (χ1n) is 6.54. The monoisotopic (exact) mass is 284 g/mol. The number of nitrogens with zero attached hydrogens (tertiary/aromatic N) is 1. The smallest absolute Gasteiger partial charge is 0.254 e. The van der Waals surface area contributed by atoms with Gasteiger partial charge in [-0.05, 0) is 26.0 Å². The molecule has 4 nitrogen and oxygen atoms in total. The van der Waals surface area contributed by atoms with Crippen molar-refractivity contribution >= 4 is 11.6 Å². The zero-order chi connectivity index (χ0) is 14.9. The second-order valence-electron chi connectivity index (χ2n) is 5.03. The van der Waals surface area contributed by atoms with Gasteiger partial charge in [-0.2, -0.15) is 0 Å². The third-order valence-electron chi connectivity index (χ3n) is 3.25. The minimum Gasteiger partial charge on any atom is -0.383 e. The highest BCUT2D eigenvalue weighted by atomic mass is 19.1. The second-order valence-corrected chi connectivity index (χ2v) is 5.03. The van der Waals surface area contributed by atoms with E-state index in [9.17, 15) is 13.6 Å². The molecule has 0 bridgehead atoms. The summed E-state index contributed by atoms with van der Waals surface area (Å²) >= 11 is 0. The minimum absolute atomic E-state index is 0.0142. The Morgan fingerprint density at radius 1 is 1.25 bits per heavy atom. The van der Waals surface area contributed by atoms with Crippen LogP contribution in [0, 0.1) is 11.6 Å². The van der Waals surface area contributed by atoms with Crippen molar-refractivity contribution < 1.29 is 18.3 Å². The van der Waals surface area contributed by atoms with Crippen LogP contribution in [0.15, 0.2) is 12.1 Å². The highest BCUT2D eigenvalue weighted by molar-refractivity contribution is 5.94. The van der Waals surface area contributed by atoms with Crippen molar-refractivity contribution in [3.05, 3.63) is 29.3 Å². The average molecular weight is 284 g/mol. The molecule has 1 aliphatic heterocycles. The molecule has 1 amide bonds. The normalized spacial score (nSPS) is 22.8. The van der Waals surface area contributed by atoms with E-state index in [0.29, 0.717) is 13.1 Å². The maximum absolute atomic E-state index is 13.7. The van der Waals surface area contributed by atoms with Crippen molar-refractivity contribution in [2.24, 2.45) is 0 Å². The number of morpholine rings is 1. The molecular weight excluding hydrogens is 266 g/mol. The van der Waals surface area contributed by atoms with Crippen LogP contribution in [0.3, 0.4) is 0 Å². The van der Waals surface area contributed by atoms with Crippen molar-refractivity contribution in [1.29, 1.82) is 0 Å². The summed E-state index contributed by atoms with van der Waals surface area (Å²) in [5, 5.41) is 2.43. The Bertz CT molecular complexity index is 489. The van der Waals surface area contributed by atoms with Gasteiger partial charge in [-0.1, -0.05) is 0 Å². The molecule has 1 aromatic carbocycles. The molecule has 1 fully saturated rings. The number of benzene rings is 1. The summed E-state index contributed by atoms with van der Waals surface area (Å²) < 4.78 is 32.9. The van der Waals surface area contributed by atoms with Gasteiger partial charge >= 0.3 is 0 Å². The SMILES string of the molecule is CNc1c(F)cc(C(=O)N2C[C@@H](C)O[C@@H](C)C2)cc1F. The van der Waals surface area contributed by atoms with E-state index in [1.807, 2.05) is 13.8 Å². The molecule has 1 aromatic rings. The molecule has 0 spiro atoms. The summed E-state index contributed by atoms with van der Waals surface area (Å²) in [6.45, 7) is 4.56. The fourth-order valence-electron chi connectivity index (χ4n) is 2.46. The van der Waals surface area contributed by atoms with Crippen molar-refractivity contribution in [2.75, 3.05) is 25.5 Å². The Labute approximate surface area is 116 Å². The van der Waals surface area contributed by atoms with Gasteiger partial charge in [-0.25, -0.2) is 8.78 Å². The van der Waals surface area contributed by atoms with Gasteiger partial charge in [0.2, 0.25) is 0 Å². The number of nitrogens with one attached hydrogen (secondary N) is 1. The summed E-state index contributed by atoms with van der Waals surface area (Å²) in [5.41, 5.74) is -0.217. The first-order valence-corrected chi connectivity index (χ1v) is 6.54. The Kier molecular flexibility index (Phi) is 4.23. The first kappa shape index (κ1) is 14.7. The Morgan fingerprint density at radius 2 is 1.75 bits per heavy atom. The molecule has 0 radical (unpaired) electrons. The zero-order valence-corrected chi connectivity index (χ0v) is 11.7. The van der Waals surface area contributed by atoms with Crippen LogP contribution in [0.2, 0.25) is 0 Å². The Balaban J connectivity index is 2.25. The molecule has 1 saturated heterocycles. The fraction of sp³-hybridized carbons (Fsp3) is 0.500. The summed E-state index contributed by atoms with van der Waals surface area (Å²) in [7, 11) is 1.42. The topological polar surface area (TPSA) is 41.6 Å². The lowest BCUT2D eigenvalue weighted by Gasteiger charge is -2.35. The van der Waals surface area contributed by atoms with Gasteiger partial charge in [-0.15, -0.1) is 0 Å². The number of anilines is 1. The van der Waals surface area contributed by atoms with Crippen molar-refractivity contribution in [1.82, 2.24) is 4.90 Å². The van der Waals surface area contributed by atoms with Gasteiger partial charge in [0.25, 0.3) is 5.91 Å². The summed E-state index contributed by atoms with van der Waals surface area (Å²) in [5.74, 6) is -1.93. The van der Waals surface area contributed by atoms with E-state index >= 15 is 0 Å². The largest absolute Gasteiger partial charge is 0.383 e. The Hall–Kier alpha value is -1.69. The molecule has 0 saturated carbocycles. The molecule has 1 aliphatic rings. The van der Waals surface area contributed by atoms with E-state index in [4.69, 9.17) is 4.74 Å². The van der Waals surface area contributed by atoms with Gasteiger partial charge in [0.15, 0.2) is 0 Å². The average Bonchev–Trinajstić information content (AvgIpc) is 2.36. The van der Waals surface area contributed by atoms with Gasteiger partial charge < -0.3 is 15.0 Å². The summed E-state index contributed by atoms with van der Waals surface area (Å²) in [6, 6.07) is 2.12. The van der Waals surface area contributed by atoms with E-state index in [0.717, 1.165) is 12.1 Å². The molecule has 0 aliphatic carbocycles. The van der Waals surface area contributed by atoms with Crippen LogP contribution in [0.4, 0.5) is 14.5 Å². The number of halogens is 2. The number of rotatable bonds is 2. The lowest BCUT2D eigenvalue weighted by Crippen LogP contribution is -2.48. The fourth-order valence-corrected chi connectivity index (χ4v) is 2.46. The third-order valence-corrected chi connectivity index (χ3v) is 3.25. The van der Waals surface area contributed by atoms with E-state index in [-0.39, 0.29) is 29.4 Å². The van der Waals surface area contributed by atoms with Gasteiger partial charge in [0.1, 0.15) is 17.3 Å². The van der Waals surface area contributed by atoms with Gasteiger partial charge in [0.05, 0.1) is 12.2 Å². The van der Waals surface area contributed by atoms with Crippen LogP contribution >= 0.6 is 0 Å². The van der Waals surface area contributed by atoms with Crippen LogP contribution in [-0.4, -0.2) is 43.2 Å². The Morgan fingerprint density at radius 3 is 2.20 bits per heavy atom. The maximum Gasteiger partial charge on any atom is 0.254 e. The minimum atomic E-state index is -0.773. The molecule has 2 rings (SSSR count). The lowest BCUT2D eigenvalue weighted by molar-refractivity contribution is -0.0586. The van der Waals surface area contributed by atoms with Crippen LogP contribution < -0.4 is 5.32 Å². The summed E-state index contributed by atoms with van der Waals surface area (Å²) in [4.78, 5) is 13.9. The van der Waals surface area contributed by atoms with E-state index in [1.54, 1.807) is 4.90 Å². The number of carbonyl (C=O) groups is 1. The number of ether oxygens (including phenoxy) is 1. The van der Waals surface area contributed by atoms with Crippen molar-refractivity contribution in [3.8, 4) is 0 Å². The molecule has 2 atom stereocenters. The van der Waals surface area contributed by atoms with Crippen molar-refractivity contribution in [3.63, 3.8) is 0 Å². The highest BCUT2D eigenvalue weighted by Gasteiger charge is 2.27. The third kappa shape index (κ3) is 2.90. The van der Waals surface area contributed by atoms with Crippen molar-refractivity contribution in [2.45, 2.75) is 26.1 Å². The molecule has 0 unspecified atom stereocenters. The van der Waals surface area contributed by atoms with E-state index < -0.39 is 11.6 Å². The van der Waals surface area contributed by atoms with Gasteiger partial charge in [0, 0.05) is 25.7 Å². The summed E-state index contributed by atoms with van der Waals surface area (Å²) in [6.07, 6.45) is -0.178. The number of carbonyl (C=O) groups excluding carboxylic acids is 1. The van der Waals surface area contributed by atoms with Crippen LogP contribution in [0.25, 0.3) is 0 Å². The molecule has 20 heavy (non-hydrogen) atoms. The molecular formula is C14H18F2N2O2. The second kappa shape index (κ2) is 5.75. The predicted octanol–water partition coefficient (Wildman–Crippen LogP) is 2.26. The molecule has 1 N–H and O–H groups in total. The van der Waals surface area contributed by atoms with Crippen LogP contribution in [0.1, 0.15) is 24.2 Å². The quantitative estimate of drug-likeness (QED) is 0.905. The number of hydrogen-bond donors (Lipinski definition) is 1. The van der Waals surface area contributed by atoms with Crippen LogP contribution in [-0.2, 0) is 4.74 Å². The van der Waals surface area contributed by atoms with Crippen LogP contribution in [0.5, 0.6) is 0 Å². The zero-order valence-electron chi connectivity index (χ0n) is 11.7. The molecule has 1 heterocycles.